The summed E-state index contributed by atoms with van der Waals surface area (Å²) in [5, 5.41) is 0. The predicted molar refractivity (Wildman–Crippen MR) is 57.9 cm³/mol. The Balaban J connectivity index is 4.48. The van der Waals surface area contributed by atoms with Crippen molar-refractivity contribution in [1.82, 2.24) is 0 Å². The second-order valence-electron chi connectivity index (χ2n) is 4.03. The van der Waals surface area contributed by atoms with E-state index in [1.807, 2.05) is 6.92 Å². The first-order chi connectivity index (χ1) is 5.23. The molecule has 0 amide bonds. The maximum Gasteiger partial charge on any atom is 0.259 e. The summed E-state index contributed by atoms with van der Waals surface area (Å²) < 4.78 is 11.3. The molecule has 0 unspecified atom stereocenters. The molecule has 2 nitrogen and oxygen atoms in total. The zero-order chi connectivity index (χ0) is 9.99. The molecule has 0 atom stereocenters. The molecule has 0 heterocycles. The lowest BCUT2D eigenvalue weighted by atomic mass is 10.7. The summed E-state index contributed by atoms with van der Waals surface area (Å²) >= 11 is 0. The molecule has 0 bridgehead atoms. The molecule has 0 fully saturated rings. The number of allylic oxidation sites excluding steroid dienone is 1. The van der Waals surface area contributed by atoms with Crippen LogP contribution in [-0.2, 0) is 8.85 Å². The highest BCUT2D eigenvalue weighted by Crippen LogP contribution is 2.22. The van der Waals surface area contributed by atoms with Gasteiger partial charge in [-0.25, -0.2) is 0 Å². The number of rotatable bonds is 4. The maximum absolute atomic E-state index is 5.77. The Morgan fingerprint density at radius 2 is 1.50 bits per heavy atom. The Bertz CT molecular complexity index is 176. The van der Waals surface area contributed by atoms with Crippen molar-refractivity contribution in [3.05, 3.63) is 12.3 Å². The van der Waals surface area contributed by atoms with Crippen molar-refractivity contribution in [3.8, 4) is 0 Å². The third-order valence-electron chi connectivity index (χ3n) is 2.39. The second-order valence-corrected chi connectivity index (χ2v) is 17.9. The van der Waals surface area contributed by atoms with Crippen LogP contribution in [0.15, 0.2) is 12.3 Å². The Morgan fingerprint density at radius 3 is 1.75 bits per heavy atom. The predicted octanol–water partition coefficient (Wildman–Crippen LogP) is 2.67. The summed E-state index contributed by atoms with van der Waals surface area (Å²) in [4.78, 5) is 0. The fraction of sp³-hybridized carbons (Fsp3) is 0.750. The number of hydrogen-bond acceptors (Lipinski definition) is 2. The maximum atomic E-state index is 5.77. The van der Waals surface area contributed by atoms with E-state index >= 15 is 0 Å². The van der Waals surface area contributed by atoms with Gasteiger partial charge in [0.2, 0.25) is 7.83 Å². The van der Waals surface area contributed by atoms with Gasteiger partial charge in [-0.15, -0.1) is 0 Å². The number of hydrogen-bond donors (Lipinski definition) is 0. The fourth-order valence-electron chi connectivity index (χ4n) is 0.804. The molecular formula is C8H20O2Si2. The smallest absolute Gasteiger partial charge is 0.259 e. The normalized spacial score (nSPS) is 12.8. The molecule has 0 aliphatic rings. The van der Waals surface area contributed by atoms with Crippen LogP contribution in [0.1, 0.15) is 6.92 Å². The molecule has 0 spiro atoms. The minimum Gasteiger partial charge on any atom is -0.548 e. The summed E-state index contributed by atoms with van der Waals surface area (Å²) in [6.07, 6.45) is 0. The van der Waals surface area contributed by atoms with E-state index in [-0.39, 0.29) is 0 Å². The van der Waals surface area contributed by atoms with Crippen LogP contribution in [-0.4, -0.2) is 22.8 Å². The largest absolute Gasteiger partial charge is 0.548 e. The van der Waals surface area contributed by atoms with Crippen molar-refractivity contribution in [2.45, 2.75) is 33.1 Å². The molecule has 0 saturated carbocycles. The highest BCUT2D eigenvalue weighted by Gasteiger charge is 2.46. The fourth-order valence-corrected chi connectivity index (χ4v) is 5.15. The van der Waals surface area contributed by atoms with Gasteiger partial charge >= 0.3 is 0 Å². The third-order valence-corrected chi connectivity index (χ3v) is 16.8. The molecule has 0 aliphatic carbocycles. The van der Waals surface area contributed by atoms with Crippen LogP contribution in [0.5, 0.6) is 0 Å². The van der Waals surface area contributed by atoms with E-state index in [1.165, 1.54) is 0 Å². The third kappa shape index (κ3) is 2.76. The average molecular weight is 204 g/mol. The molecule has 0 N–H and O–H groups in total. The highest BCUT2D eigenvalue weighted by atomic mass is 29.3. The zero-order valence-electron chi connectivity index (χ0n) is 9.02. The Kier molecular flexibility index (Phi) is 3.74. The van der Waals surface area contributed by atoms with Crippen LogP contribution in [0.25, 0.3) is 0 Å². The summed E-state index contributed by atoms with van der Waals surface area (Å²) in [7, 11) is -1.51. The monoisotopic (exact) mass is 204 g/mol. The van der Waals surface area contributed by atoms with Crippen LogP contribution in [0.3, 0.4) is 0 Å². The van der Waals surface area contributed by atoms with E-state index < -0.39 is 15.7 Å². The van der Waals surface area contributed by atoms with E-state index in [0.717, 1.165) is 5.76 Å². The highest BCUT2D eigenvalue weighted by molar-refractivity contribution is 7.35. The summed E-state index contributed by atoms with van der Waals surface area (Å²) in [5.41, 5.74) is 0. The van der Waals surface area contributed by atoms with Crippen LogP contribution in [0.2, 0.25) is 26.2 Å². The molecule has 0 aliphatic heterocycles. The summed E-state index contributed by atoms with van der Waals surface area (Å²) in [5.74, 6) is 0.810. The van der Waals surface area contributed by atoms with Crippen molar-refractivity contribution in [3.63, 3.8) is 0 Å². The molecule has 12 heavy (non-hydrogen) atoms. The first kappa shape index (κ1) is 11.9. The van der Waals surface area contributed by atoms with E-state index in [0.29, 0.717) is 0 Å². The zero-order valence-corrected chi connectivity index (χ0v) is 11.0. The van der Waals surface area contributed by atoms with Gasteiger partial charge in [-0.2, -0.15) is 0 Å². The summed E-state index contributed by atoms with van der Waals surface area (Å²) in [6, 6.07) is 0. The average Bonchev–Trinajstić information content (AvgIpc) is 1.84. The van der Waals surface area contributed by atoms with E-state index in [9.17, 15) is 0 Å². The van der Waals surface area contributed by atoms with Crippen LogP contribution in [0, 0.1) is 0 Å². The molecule has 72 valence electrons. The van der Waals surface area contributed by atoms with Gasteiger partial charge in [0, 0.05) is 7.11 Å². The molecule has 0 rings (SSSR count). The van der Waals surface area contributed by atoms with Gasteiger partial charge in [-0.05, 0) is 33.1 Å². The van der Waals surface area contributed by atoms with Gasteiger partial charge in [0.1, 0.15) is 0 Å². The van der Waals surface area contributed by atoms with Crippen molar-refractivity contribution < 1.29 is 8.85 Å². The molecule has 0 saturated heterocycles. The second kappa shape index (κ2) is 3.76. The van der Waals surface area contributed by atoms with Gasteiger partial charge < -0.3 is 8.85 Å². The van der Waals surface area contributed by atoms with Gasteiger partial charge in [0.05, 0.1) is 5.76 Å². The molecule has 4 heteroatoms. The van der Waals surface area contributed by atoms with Gasteiger partial charge in [0.25, 0.3) is 7.83 Å². The van der Waals surface area contributed by atoms with Crippen molar-refractivity contribution in [2.24, 2.45) is 0 Å². The quantitative estimate of drug-likeness (QED) is 0.518. The van der Waals surface area contributed by atoms with Crippen molar-refractivity contribution >= 4 is 15.7 Å². The van der Waals surface area contributed by atoms with E-state index in [2.05, 4.69) is 32.8 Å². The van der Waals surface area contributed by atoms with Crippen LogP contribution < -0.4 is 0 Å². The molecule has 0 aromatic heterocycles. The Hall–Kier alpha value is -0.0662. The molecule has 0 aromatic carbocycles. The molecule has 0 radical (unpaired) electrons. The lowest BCUT2D eigenvalue weighted by molar-refractivity contribution is 0.387. The lowest BCUT2D eigenvalue weighted by Gasteiger charge is -2.36. The minimum absolute atomic E-state index is 0.810. The van der Waals surface area contributed by atoms with E-state index in [4.69, 9.17) is 8.85 Å². The summed E-state index contributed by atoms with van der Waals surface area (Å²) in [6.45, 7) is 14.4. The topological polar surface area (TPSA) is 18.5 Å². The first-order valence-corrected chi connectivity index (χ1v) is 10.9. The minimum atomic E-state index is -1.68. The first-order valence-electron chi connectivity index (χ1n) is 4.12. The molecule has 0 aromatic rings. The van der Waals surface area contributed by atoms with Crippen molar-refractivity contribution in [1.29, 1.82) is 0 Å². The van der Waals surface area contributed by atoms with Gasteiger partial charge in [-0.1, -0.05) is 6.58 Å². The SMILES string of the molecule is C=C(C)O[Si](C)(C)[Si](C)(C)OC. The Morgan fingerprint density at radius 1 is 1.08 bits per heavy atom. The Labute approximate surface area is 77.6 Å². The van der Waals surface area contributed by atoms with E-state index in [1.54, 1.807) is 7.11 Å². The standard InChI is InChI=1S/C8H20O2Si2/c1-8(2)10-12(6,7)11(4,5)9-3/h1H2,2-7H3. The van der Waals surface area contributed by atoms with Gasteiger partial charge in [0.15, 0.2) is 0 Å². The molecular weight excluding hydrogens is 184 g/mol. The van der Waals surface area contributed by atoms with Gasteiger partial charge in [-0.3, -0.25) is 0 Å². The lowest BCUT2D eigenvalue weighted by Crippen LogP contribution is -2.58. The van der Waals surface area contributed by atoms with Crippen LogP contribution in [0.4, 0.5) is 0 Å². The van der Waals surface area contributed by atoms with Crippen molar-refractivity contribution in [2.75, 3.05) is 7.11 Å². The van der Waals surface area contributed by atoms with Crippen LogP contribution >= 0.6 is 0 Å².